The molecule has 0 aromatic carbocycles. The number of hydrogen-bond acceptors (Lipinski definition) is 2. The largest absolute Gasteiger partial charge is 0.309 e. The van der Waals surface area contributed by atoms with Gasteiger partial charge in [-0.15, -0.1) is 11.3 Å². The Morgan fingerprint density at radius 2 is 1.94 bits per heavy atom. The normalized spacial score (nSPS) is 26.1. The molecule has 0 bridgehead atoms. The van der Waals surface area contributed by atoms with Crippen molar-refractivity contribution in [2.24, 2.45) is 11.8 Å². The van der Waals surface area contributed by atoms with Crippen molar-refractivity contribution in [3.8, 4) is 0 Å². The first-order valence-corrected chi connectivity index (χ1v) is 8.48. The van der Waals surface area contributed by atoms with E-state index >= 15 is 0 Å². The minimum Gasteiger partial charge on any atom is -0.309 e. The third-order valence-electron chi connectivity index (χ3n) is 4.49. The second-order valence-corrected chi connectivity index (χ2v) is 6.66. The van der Waals surface area contributed by atoms with Gasteiger partial charge in [0.05, 0.1) is 0 Å². The van der Waals surface area contributed by atoms with Gasteiger partial charge in [-0.1, -0.05) is 39.2 Å². The van der Waals surface area contributed by atoms with Crippen molar-refractivity contribution in [3.63, 3.8) is 0 Å². The van der Waals surface area contributed by atoms with E-state index in [1.54, 1.807) is 0 Å². The lowest BCUT2D eigenvalue weighted by molar-refractivity contribution is 0.256. The van der Waals surface area contributed by atoms with E-state index in [-0.39, 0.29) is 0 Å². The number of nitrogens with one attached hydrogen (secondary N) is 1. The van der Waals surface area contributed by atoms with Crippen molar-refractivity contribution >= 4 is 11.3 Å². The summed E-state index contributed by atoms with van der Waals surface area (Å²) in [4.78, 5) is 1.50. The van der Waals surface area contributed by atoms with Gasteiger partial charge < -0.3 is 5.32 Å². The van der Waals surface area contributed by atoms with Crippen LogP contribution in [0.3, 0.4) is 0 Å². The van der Waals surface area contributed by atoms with Crippen LogP contribution in [0.2, 0.25) is 0 Å². The van der Waals surface area contributed by atoms with E-state index in [4.69, 9.17) is 0 Å². The minimum atomic E-state index is 0.578. The van der Waals surface area contributed by atoms with Crippen LogP contribution in [0.5, 0.6) is 0 Å². The van der Waals surface area contributed by atoms with Crippen molar-refractivity contribution < 1.29 is 0 Å². The standard InChI is InChI=1S/C16H27NS/c1-3-13-7-9-14(10-8-13)12-17-15(4-2)16-6-5-11-18-16/h5-6,11,13-15,17H,3-4,7-10,12H2,1-2H3. The summed E-state index contributed by atoms with van der Waals surface area (Å²) in [5.74, 6) is 1.93. The Morgan fingerprint density at radius 1 is 1.22 bits per heavy atom. The molecule has 2 heteroatoms. The highest BCUT2D eigenvalue weighted by Crippen LogP contribution is 2.31. The van der Waals surface area contributed by atoms with Crippen LogP contribution in [0, 0.1) is 11.8 Å². The molecule has 18 heavy (non-hydrogen) atoms. The van der Waals surface area contributed by atoms with Crippen LogP contribution in [-0.4, -0.2) is 6.54 Å². The first kappa shape index (κ1) is 14.1. The maximum Gasteiger partial charge on any atom is 0.0412 e. The number of rotatable bonds is 6. The van der Waals surface area contributed by atoms with Crippen LogP contribution in [0.4, 0.5) is 0 Å². The van der Waals surface area contributed by atoms with Crippen LogP contribution < -0.4 is 5.32 Å². The zero-order chi connectivity index (χ0) is 12.8. The van der Waals surface area contributed by atoms with Crippen molar-refractivity contribution in [3.05, 3.63) is 22.4 Å². The molecule has 102 valence electrons. The van der Waals surface area contributed by atoms with Gasteiger partial charge in [0.1, 0.15) is 0 Å². The Hall–Kier alpha value is -0.340. The van der Waals surface area contributed by atoms with E-state index in [0.717, 1.165) is 11.8 Å². The minimum absolute atomic E-state index is 0.578. The predicted octanol–water partition coefficient (Wildman–Crippen LogP) is 5.01. The van der Waals surface area contributed by atoms with Crippen molar-refractivity contribution in [2.75, 3.05) is 6.54 Å². The maximum absolute atomic E-state index is 3.78. The van der Waals surface area contributed by atoms with Gasteiger partial charge in [0.2, 0.25) is 0 Å². The van der Waals surface area contributed by atoms with Gasteiger partial charge in [0.15, 0.2) is 0 Å². The van der Waals surface area contributed by atoms with Crippen LogP contribution >= 0.6 is 11.3 Å². The molecule has 0 spiro atoms. The highest BCUT2D eigenvalue weighted by molar-refractivity contribution is 7.10. The average Bonchev–Trinajstić information content (AvgIpc) is 2.94. The first-order valence-electron chi connectivity index (χ1n) is 7.60. The van der Waals surface area contributed by atoms with E-state index in [1.165, 1.54) is 49.9 Å². The summed E-state index contributed by atoms with van der Waals surface area (Å²) in [6.45, 7) is 5.84. The van der Waals surface area contributed by atoms with Crippen LogP contribution in [-0.2, 0) is 0 Å². The van der Waals surface area contributed by atoms with Crippen LogP contribution in [0.1, 0.15) is 63.3 Å². The van der Waals surface area contributed by atoms with E-state index in [1.807, 2.05) is 11.3 Å². The first-order chi connectivity index (χ1) is 8.83. The Labute approximate surface area is 116 Å². The second-order valence-electron chi connectivity index (χ2n) is 5.68. The summed E-state index contributed by atoms with van der Waals surface area (Å²) in [7, 11) is 0. The lowest BCUT2D eigenvalue weighted by atomic mass is 9.81. The molecule has 1 aromatic heterocycles. The molecule has 1 nitrogen and oxygen atoms in total. The molecular weight excluding hydrogens is 238 g/mol. The number of hydrogen-bond donors (Lipinski definition) is 1. The van der Waals surface area contributed by atoms with Gasteiger partial charge in [0.25, 0.3) is 0 Å². The van der Waals surface area contributed by atoms with Crippen LogP contribution in [0.15, 0.2) is 17.5 Å². The highest BCUT2D eigenvalue weighted by Gasteiger charge is 2.20. The Morgan fingerprint density at radius 3 is 2.50 bits per heavy atom. The molecule has 2 rings (SSSR count). The summed E-state index contributed by atoms with van der Waals surface area (Å²) in [5.41, 5.74) is 0. The number of thiophene rings is 1. The fraction of sp³-hybridized carbons (Fsp3) is 0.750. The molecule has 1 atom stereocenters. The fourth-order valence-electron chi connectivity index (χ4n) is 3.09. The molecule has 1 unspecified atom stereocenters. The molecule has 1 heterocycles. The smallest absolute Gasteiger partial charge is 0.0412 e. The Kier molecular flexibility index (Phi) is 5.71. The van der Waals surface area contributed by atoms with Gasteiger partial charge in [-0.25, -0.2) is 0 Å². The molecule has 0 radical (unpaired) electrons. The Bertz CT molecular complexity index is 312. The summed E-state index contributed by atoms with van der Waals surface area (Å²) >= 11 is 1.88. The summed E-state index contributed by atoms with van der Waals surface area (Å²) in [6, 6.07) is 5.00. The average molecular weight is 265 g/mol. The molecule has 1 fully saturated rings. The molecule has 1 aliphatic carbocycles. The quantitative estimate of drug-likeness (QED) is 0.762. The zero-order valence-corrected chi connectivity index (χ0v) is 12.6. The second kappa shape index (κ2) is 7.30. The topological polar surface area (TPSA) is 12.0 Å². The van der Waals surface area contributed by atoms with E-state index in [0.29, 0.717) is 6.04 Å². The van der Waals surface area contributed by atoms with E-state index in [9.17, 15) is 0 Å². The maximum atomic E-state index is 3.78. The molecule has 1 aromatic rings. The van der Waals surface area contributed by atoms with Gasteiger partial charge in [-0.3, -0.25) is 0 Å². The SMILES string of the molecule is CCC1CCC(CNC(CC)c2cccs2)CC1. The van der Waals surface area contributed by atoms with Gasteiger partial charge in [0, 0.05) is 10.9 Å². The molecule has 0 saturated heterocycles. The van der Waals surface area contributed by atoms with Crippen molar-refractivity contribution in [2.45, 2.75) is 58.4 Å². The molecule has 1 saturated carbocycles. The lowest BCUT2D eigenvalue weighted by Gasteiger charge is -2.29. The van der Waals surface area contributed by atoms with Gasteiger partial charge >= 0.3 is 0 Å². The molecule has 0 aliphatic heterocycles. The zero-order valence-electron chi connectivity index (χ0n) is 11.8. The molecule has 1 aliphatic rings. The van der Waals surface area contributed by atoms with Gasteiger partial charge in [-0.2, -0.15) is 0 Å². The fourth-order valence-corrected chi connectivity index (χ4v) is 3.97. The third kappa shape index (κ3) is 3.83. The third-order valence-corrected chi connectivity index (χ3v) is 5.48. The predicted molar refractivity (Wildman–Crippen MR) is 81.1 cm³/mol. The van der Waals surface area contributed by atoms with Gasteiger partial charge in [-0.05, 0) is 49.1 Å². The van der Waals surface area contributed by atoms with E-state index in [2.05, 4.69) is 36.7 Å². The molecular formula is C16H27NS. The molecule has 1 N–H and O–H groups in total. The summed E-state index contributed by atoms with van der Waals surface area (Å²) < 4.78 is 0. The van der Waals surface area contributed by atoms with Crippen molar-refractivity contribution in [1.29, 1.82) is 0 Å². The Balaban J connectivity index is 1.74. The van der Waals surface area contributed by atoms with Crippen molar-refractivity contribution in [1.82, 2.24) is 5.32 Å². The lowest BCUT2D eigenvalue weighted by Crippen LogP contribution is -2.29. The summed E-state index contributed by atoms with van der Waals surface area (Å²) in [6.07, 6.45) is 8.37. The molecule has 0 amide bonds. The monoisotopic (exact) mass is 265 g/mol. The summed E-state index contributed by atoms with van der Waals surface area (Å²) in [5, 5.41) is 5.97. The highest BCUT2D eigenvalue weighted by atomic mass is 32.1. The van der Waals surface area contributed by atoms with E-state index < -0.39 is 0 Å². The van der Waals surface area contributed by atoms with Crippen LogP contribution in [0.25, 0.3) is 0 Å².